The summed E-state index contributed by atoms with van der Waals surface area (Å²) in [6.45, 7) is 4.99. The minimum atomic E-state index is -3.39. The number of hydrogen-bond acceptors (Lipinski definition) is 5. The third-order valence-corrected chi connectivity index (χ3v) is 3.43. The van der Waals surface area contributed by atoms with Crippen molar-refractivity contribution in [1.82, 2.24) is 10.0 Å². The van der Waals surface area contributed by atoms with Gasteiger partial charge in [0.1, 0.15) is 0 Å². The van der Waals surface area contributed by atoms with E-state index in [0.717, 1.165) is 6.54 Å². The summed E-state index contributed by atoms with van der Waals surface area (Å²) in [5.74, 6) is -0.503. The van der Waals surface area contributed by atoms with Gasteiger partial charge < -0.3 is 10.1 Å². The van der Waals surface area contributed by atoms with Crippen LogP contribution in [-0.2, 0) is 19.6 Å². The largest absolute Gasteiger partial charge is 0.466 e. The lowest BCUT2D eigenvalue weighted by atomic mass is 10.2. The van der Waals surface area contributed by atoms with Crippen LogP contribution in [0.5, 0.6) is 0 Å². The Labute approximate surface area is 103 Å². The number of sulfonamides is 1. The molecule has 0 aliphatic rings. The number of nitrogens with one attached hydrogen (secondary N) is 2. The molecule has 0 fully saturated rings. The average molecular weight is 266 g/mol. The second-order valence-corrected chi connectivity index (χ2v) is 5.81. The topological polar surface area (TPSA) is 84.5 Å². The highest BCUT2D eigenvalue weighted by Gasteiger charge is 2.14. The van der Waals surface area contributed by atoms with Gasteiger partial charge >= 0.3 is 5.97 Å². The zero-order chi connectivity index (χ0) is 13.3. The lowest BCUT2D eigenvalue weighted by Gasteiger charge is -2.12. The second kappa shape index (κ2) is 8.43. The number of esters is 1. The molecule has 1 unspecified atom stereocenters. The monoisotopic (exact) mass is 266 g/mol. The average Bonchev–Trinajstić information content (AvgIpc) is 2.25. The smallest absolute Gasteiger partial charge is 0.306 e. The minimum Gasteiger partial charge on any atom is -0.466 e. The predicted octanol–water partition coefficient (Wildman–Crippen LogP) is -0.285. The quantitative estimate of drug-likeness (QED) is 0.560. The van der Waals surface area contributed by atoms with Gasteiger partial charge in [-0.15, -0.1) is 0 Å². The first kappa shape index (κ1) is 16.3. The summed E-state index contributed by atoms with van der Waals surface area (Å²) in [5.41, 5.74) is 0. The van der Waals surface area contributed by atoms with Gasteiger partial charge in [-0.2, -0.15) is 0 Å². The Bertz CT molecular complexity index is 316. The Morgan fingerprint density at radius 3 is 2.53 bits per heavy atom. The fourth-order valence-electron chi connectivity index (χ4n) is 1.21. The van der Waals surface area contributed by atoms with Crippen LogP contribution in [0.25, 0.3) is 0 Å². The van der Waals surface area contributed by atoms with E-state index in [1.54, 1.807) is 6.92 Å². The molecule has 7 heteroatoms. The van der Waals surface area contributed by atoms with Crippen molar-refractivity contribution in [2.24, 2.45) is 5.92 Å². The summed E-state index contributed by atoms with van der Waals surface area (Å²) in [6, 6.07) is 0. The van der Waals surface area contributed by atoms with Gasteiger partial charge in [-0.05, 0) is 26.4 Å². The van der Waals surface area contributed by atoms with E-state index in [2.05, 4.69) is 14.8 Å². The highest BCUT2D eigenvalue weighted by Crippen LogP contribution is 1.96. The van der Waals surface area contributed by atoms with E-state index in [0.29, 0.717) is 6.54 Å². The molecule has 0 heterocycles. The first-order valence-electron chi connectivity index (χ1n) is 5.68. The number of carbonyl (C=O) groups is 1. The van der Waals surface area contributed by atoms with Gasteiger partial charge in [0.25, 0.3) is 0 Å². The highest BCUT2D eigenvalue weighted by molar-refractivity contribution is 7.89. The van der Waals surface area contributed by atoms with Crippen molar-refractivity contribution in [3.63, 3.8) is 0 Å². The number of rotatable bonds is 9. The standard InChI is InChI=1S/C10H22N2O4S/c1-4-16-10(13)5-6-17(14,15)12-8-9(2)7-11-3/h9,11-12H,4-8H2,1-3H3. The fourth-order valence-corrected chi connectivity index (χ4v) is 2.33. The molecule has 0 saturated carbocycles. The van der Waals surface area contributed by atoms with E-state index in [4.69, 9.17) is 0 Å². The summed E-state index contributed by atoms with van der Waals surface area (Å²) in [5, 5.41) is 2.96. The Morgan fingerprint density at radius 1 is 1.35 bits per heavy atom. The van der Waals surface area contributed by atoms with Gasteiger partial charge in [-0.1, -0.05) is 6.92 Å². The third-order valence-electron chi connectivity index (χ3n) is 2.08. The van der Waals surface area contributed by atoms with Gasteiger partial charge in [0.05, 0.1) is 18.8 Å². The molecule has 0 aliphatic heterocycles. The fraction of sp³-hybridized carbons (Fsp3) is 0.900. The van der Waals surface area contributed by atoms with E-state index in [9.17, 15) is 13.2 Å². The normalized spacial score (nSPS) is 13.4. The first-order chi connectivity index (χ1) is 7.91. The van der Waals surface area contributed by atoms with E-state index in [-0.39, 0.29) is 24.7 Å². The third kappa shape index (κ3) is 9.08. The molecular formula is C10H22N2O4S. The molecule has 1 atom stereocenters. The summed E-state index contributed by atoms with van der Waals surface area (Å²) >= 11 is 0. The van der Waals surface area contributed by atoms with Crippen molar-refractivity contribution < 1.29 is 17.9 Å². The van der Waals surface area contributed by atoms with Crippen molar-refractivity contribution in [2.75, 3.05) is 32.5 Å². The van der Waals surface area contributed by atoms with E-state index in [1.165, 1.54) is 0 Å². The van der Waals surface area contributed by atoms with Crippen molar-refractivity contribution >= 4 is 16.0 Å². The van der Waals surface area contributed by atoms with Crippen molar-refractivity contribution in [3.05, 3.63) is 0 Å². The highest BCUT2D eigenvalue weighted by atomic mass is 32.2. The zero-order valence-corrected chi connectivity index (χ0v) is 11.5. The van der Waals surface area contributed by atoms with Crippen LogP contribution < -0.4 is 10.0 Å². The maximum absolute atomic E-state index is 11.5. The maximum Gasteiger partial charge on any atom is 0.306 e. The molecule has 0 aromatic carbocycles. The number of ether oxygens (including phenoxy) is 1. The van der Waals surface area contributed by atoms with Crippen LogP contribution in [0.15, 0.2) is 0 Å². The van der Waals surface area contributed by atoms with Crippen LogP contribution in [0.2, 0.25) is 0 Å². The van der Waals surface area contributed by atoms with Crippen molar-refractivity contribution in [3.8, 4) is 0 Å². The van der Waals surface area contributed by atoms with Crippen LogP contribution in [0.1, 0.15) is 20.3 Å². The summed E-state index contributed by atoms with van der Waals surface area (Å²) in [4.78, 5) is 11.0. The minimum absolute atomic E-state index is 0.108. The molecule has 0 aromatic heterocycles. The summed E-state index contributed by atoms with van der Waals surface area (Å²) in [7, 11) is -1.58. The van der Waals surface area contributed by atoms with Gasteiger partial charge in [-0.3, -0.25) is 4.79 Å². The molecule has 0 radical (unpaired) electrons. The first-order valence-corrected chi connectivity index (χ1v) is 7.34. The molecule has 0 spiro atoms. The molecule has 0 aliphatic carbocycles. The molecule has 102 valence electrons. The summed E-state index contributed by atoms with van der Waals surface area (Å²) in [6.07, 6.45) is -0.108. The Balaban J connectivity index is 3.92. The second-order valence-electron chi connectivity index (χ2n) is 3.89. The molecular weight excluding hydrogens is 244 g/mol. The number of carbonyl (C=O) groups excluding carboxylic acids is 1. The zero-order valence-electron chi connectivity index (χ0n) is 10.7. The Morgan fingerprint density at radius 2 is 2.00 bits per heavy atom. The van der Waals surface area contributed by atoms with Crippen LogP contribution in [0.3, 0.4) is 0 Å². The van der Waals surface area contributed by atoms with Crippen LogP contribution in [0, 0.1) is 5.92 Å². The van der Waals surface area contributed by atoms with Crippen LogP contribution >= 0.6 is 0 Å². The van der Waals surface area contributed by atoms with E-state index < -0.39 is 16.0 Å². The molecule has 0 saturated heterocycles. The van der Waals surface area contributed by atoms with Gasteiger partial charge in [-0.25, -0.2) is 13.1 Å². The molecule has 17 heavy (non-hydrogen) atoms. The molecule has 2 N–H and O–H groups in total. The molecule has 0 bridgehead atoms. The lowest BCUT2D eigenvalue weighted by molar-refractivity contribution is -0.142. The van der Waals surface area contributed by atoms with Gasteiger partial charge in [0.2, 0.25) is 10.0 Å². The molecule has 0 amide bonds. The maximum atomic E-state index is 11.5. The Hall–Kier alpha value is -0.660. The molecule has 0 aromatic rings. The SMILES string of the molecule is CCOC(=O)CCS(=O)(=O)NCC(C)CNC. The predicted molar refractivity (Wildman–Crippen MR) is 66.1 cm³/mol. The van der Waals surface area contributed by atoms with Crippen LogP contribution in [-0.4, -0.2) is 46.9 Å². The number of hydrogen-bond donors (Lipinski definition) is 2. The lowest BCUT2D eigenvalue weighted by Crippen LogP contribution is -2.34. The van der Waals surface area contributed by atoms with Gasteiger partial charge in [0.15, 0.2) is 0 Å². The Kier molecular flexibility index (Phi) is 8.11. The molecule has 6 nitrogen and oxygen atoms in total. The van der Waals surface area contributed by atoms with Crippen molar-refractivity contribution in [2.45, 2.75) is 20.3 Å². The van der Waals surface area contributed by atoms with Crippen molar-refractivity contribution in [1.29, 1.82) is 0 Å². The van der Waals surface area contributed by atoms with E-state index >= 15 is 0 Å². The summed E-state index contributed by atoms with van der Waals surface area (Å²) < 4.78 is 30.1. The van der Waals surface area contributed by atoms with E-state index in [1.807, 2.05) is 14.0 Å². The van der Waals surface area contributed by atoms with Crippen LogP contribution in [0.4, 0.5) is 0 Å². The molecule has 0 rings (SSSR count). The van der Waals surface area contributed by atoms with Gasteiger partial charge in [0, 0.05) is 6.54 Å².